The van der Waals surface area contributed by atoms with Crippen molar-refractivity contribution in [3.63, 3.8) is 0 Å². The SMILES string of the molecule is COc1ccc(CCN[C@@H](C)c2ccccc2)cc1. The Morgan fingerprint density at radius 2 is 1.68 bits per heavy atom. The van der Waals surface area contributed by atoms with Crippen LogP contribution in [0.15, 0.2) is 54.6 Å². The summed E-state index contributed by atoms with van der Waals surface area (Å²) in [6.07, 6.45) is 1.03. The first kappa shape index (κ1) is 13.6. The third kappa shape index (κ3) is 4.11. The van der Waals surface area contributed by atoms with Gasteiger partial charge in [-0.15, -0.1) is 0 Å². The van der Waals surface area contributed by atoms with Crippen LogP contribution >= 0.6 is 0 Å². The van der Waals surface area contributed by atoms with Crippen molar-refractivity contribution >= 4 is 0 Å². The molecule has 0 saturated carbocycles. The van der Waals surface area contributed by atoms with Crippen LogP contribution in [0.25, 0.3) is 0 Å². The summed E-state index contributed by atoms with van der Waals surface area (Å²) in [4.78, 5) is 0. The van der Waals surface area contributed by atoms with E-state index in [-0.39, 0.29) is 0 Å². The number of methoxy groups -OCH3 is 1. The molecule has 2 rings (SSSR count). The quantitative estimate of drug-likeness (QED) is 0.851. The van der Waals surface area contributed by atoms with Crippen molar-refractivity contribution in [2.45, 2.75) is 19.4 Å². The van der Waals surface area contributed by atoms with Gasteiger partial charge in [0.15, 0.2) is 0 Å². The molecule has 0 heterocycles. The summed E-state index contributed by atoms with van der Waals surface area (Å²) in [6.45, 7) is 3.17. The van der Waals surface area contributed by atoms with Crippen LogP contribution in [0, 0.1) is 0 Å². The first-order valence-corrected chi connectivity index (χ1v) is 6.71. The Balaban J connectivity index is 1.79. The minimum absolute atomic E-state index is 0.388. The summed E-state index contributed by atoms with van der Waals surface area (Å²) in [7, 11) is 1.69. The van der Waals surface area contributed by atoms with Crippen molar-refractivity contribution in [2.75, 3.05) is 13.7 Å². The van der Waals surface area contributed by atoms with Crippen molar-refractivity contribution in [2.24, 2.45) is 0 Å². The maximum atomic E-state index is 5.15. The van der Waals surface area contributed by atoms with Crippen LogP contribution in [0.1, 0.15) is 24.1 Å². The zero-order chi connectivity index (χ0) is 13.5. The van der Waals surface area contributed by atoms with Crippen LogP contribution in [-0.2, 0) is 6.42 Å². The molecule has 0 bridgehead atoms. The molecule has 0 aliphatic heterocycles. The second-order valence-electron chi connectivity index (χ2n) is 4.68. The first-order valence-electron chi connectivity index (χ1n) is 6.71. The van der Waals surface area contributed by atoms with Gasteiger partial charge in [0.25, 0.3) is 0 Å². The zero-order valence-corrected chi connectivity index (χ0v) is 11.6. The molecule has 0 fully saturated rings. The van der Waals surface area contributed by atoms with Crippen LogP contribution in [0.5, 0.6) is 5.75 Å². The summed E-state index contributed by atoms with van der Waals surface area (Å²) in [5.41, 5.74) is 2.66. The maximum absolute atomic E-state index is 5.15. The predicted molar refractivity (Wildman–Crippen MR) is 79.6 cm³/mol. The van der Waals surface area contributed by atoms with E-state index in [1.807, 2.05) is 18.2 Å². The molecular weight excluding hydrogens is 234 g/mol. The second kappa shape index (κ2) is 6.95. The van der Waals surface area contributed by atoms with Gasteiger partial charge in [0.1, 0.15) is 5.75 Å². The largest absolute Gasteiger partial charge is 0.497 e. The molecule has 0 saturated heterocycles. The van der Waals surface area contributed by atoms with E-state index in [1.165, 1.54) is 11.1 Å². The molecule has 0 aliphatic rings. The van der Waals surface area contributed by atoms with E-state index in [0.717, 1.165) is 18.7 Å². The number of rotatable bonds is 6. The normalized spacial score (nSPS) is 12.1. The molecule has 0 radical (unpaired) electrons. The molecule has 2 heteroatoms. The summed E-state index contributed by atoms with van der Waals surface area (Å²) in [5.74, 6) is 0.911. The van der Waals surface area contributed by atoms with Gasteiger partial charge in [-0.25, -0.2) is 0 Å². The van der Waals surface area contributed by atoms with Crippen LogP contribution in [0.4, 0.5) is 0 Å². The lowest BCUT2D eigenvalue weighted by atomic mass is 10.1. The molecule has 0 aromatic heterocycles. The van der Waals surface area contributed by atoms with Gasteiger partial charge in [-0.2, -0.15) is 0 Å². The van der Waals surface area contributed by atoms with Crippen LogP contribution in [0.3, 0.4) is 0 Å². The van der Waals surface area contributed by atoms with Crippen molar-refractivity contribution in [1.29, 1.82) is 0 Å². The Bertz CT molecular complexity index is 478. The summed E-state index contributed by atoms with van der Waals surface area (Å²) in [6, 6.07) is 19.2. The molecule has 0 unspecified atom stereocenters. The van der Waals surface area contributed by atoms with Gasteiger partial charge in [-0.1, -0.05) is 42.5 Å². The number of benzene rings is 2. The molecule has 19 heavy (non-hydrogen) atoms. The van der Waals surface area contributed by atoms with E-state index in [0.29, 0.717) is 6.04 Å². The molecule has 2 aromatic carbocycles. The van der Waals surface area contributed by atoms with Gasteiger partial charge in [-0.05, 0) is 43.1 Å². The van der Waals surface area contributed by atoms with Crippen LogP contribution in [-0.4, -0.2) is 13.7 Å². The average Bonchev–Trinajstić information content (AvgIpc) is 2.49. The Morgan fingerprint density at radius 3 is 2.32 bits per heavy atom. The summed E-state index contributed by atoms with van der Waals surface area (Å²) >= 11 is 0. The van der Waals surface area contributed by atoms with Crippen molar-refractivity contribution in [1.82, 2.24) is 5.32 Å². The van der Waals surface area contributed by atoms with Crippen molar-refractivity contribution in [3.05, 3.63) is 65.7 Å². The highest BCUT2D eigenvalue weighted by Gasteiger charge is 2.03. The van der Waals surface area contributed by atoms with Crippen molar-refractivity contribution < 1.29 is 4.74 Å². The van der Waals surface area contributed by atoms with Crippen LogP contribution < -0.4 is 10.1 Å². The van der Waals surface area contributed by atoms with E-state index >= 15 is 0 Å². The van der Waals surface area contributed by atoms with E-state index in [1.54, 1.807) is 7.11 Å². The van der Waals surface area contributed by atoms with Gasteiger partial charge < -0.3 is 10.1 Å². The fourth-order valence-corrected chi connectivity index (χ4v) is 2.08. The number of hydrogen-bond donors (Lipinski definition) is 1. The maximum Gasteiger partial charge on any atom is 0.118 e. The molecule has 0 spiro atoms. The van der Waals surface area contributed by atoms with Gasteiger partial charge in [-0.3, -0.25) is 0 Å². The molecule has 1 N–H and O–H groups in total. The first-order chi connectivity index (χ1) is 9.29. The molecular formula is C17H21NO. The highest BCUT2D eigenvalue weighted by atomic mass is 16.5. The Labute approximate surface area is 115 Å². The highest BCUT2D eigenvalue weighted by Crippen LogP contribution is 2.13. The number of nitrogens with one attached hydrogen (secondary N) is 1. The van der Waals surface area contributed by atoms with E-state index in [9.17, 15) is 0 Å². The van der Waals surface area contributed by atoms with Crippen molar-refractivity contribution in [3.8, 4) is 5.75 Å². The molecule has 100 valence electrons. The molecule has 2 nitrogen and oxygen atoms in total. The second-order valence-corrected chi connectivity index (χ2v) is 4.68. The lowest BCUT2D eigenvalue weighted by Gasteiger charge is -2.14. The Hall–Kier alpha value is -1.80. The van der Waals surface area contributed by atoms with Gasteiger partial charge in [0.2, 0.25) is 0 Å². The summed E-state index contributed by atoms with van der Waals surface area (Å²) in [5, 5.41) is 3.54. The third-order valence-electron chi connectivity index (χ3n) is 3.32. The standard InChI is InChI=1S/C17H21NO/c1-14(16-6-4-3-5-7-16)18-13-12-15-8-10-17(19-2)11-9-15/h3-11,14,18H,12-13H2,1-2H3/t14-/m0/s1. The third-order valence-corrected chi connectivity index (χ3v) is 3.32. The minimum atomic E-state index is 0.388. The monoisotopic (exact) mass is 255 g/mol. The fraction of sp³-hybridized carbons (Fsp3) is 0.294. The Kier molecular flexibility index (Phi) is 4.99. The highest BCUT2D eigenvalue weighted by molar-refractivity contribution is 5.27. The smallest absolute Gasteiger partial charge is 0.118 e. The number of ether oxygens (including phenoxy) is 1. The molecule has 2 aromatic rings. The van der Waals surface area contributed by atoms with Crippen LogP contribution in [0.2, 0.25) is 0 Å². The zero-order valence-electron chi connectivity index (χ0n) is 11.6. The van der Waals surface area contributed by atoms with Gasteiger partial charge in [0, 0.05) is 6.04 Å². The Morgan fingerprint density at radius 1 is 1.00 bits per heavy atom. The minimum Gasteiger partial charge on any atom is -0.497 e. The van der Waals surface area contributed by atoms with Gasteiger partial charge in [0.05, 0.1) is 7.11 Å². The molecule has 0 amide bonds. The number of hydrogen-bond acceptors (Lipinski definition) is 2. The topological polar surface area (TPSA) is 21.3 Å². The molecule has 1 atom stereocenters. The average molecular weight is 255 g/mol. The van der Waals surface area contributed by atoms with E-state index < -0.39 is 0 Å². The molecule has 0 aliphatic carbocycles. The van der Waals surface area contributed by atoms with Gasteiger partial charge >= 0.3 is 0 Å². The van der Waals surface area contributed by atoms with E-state index in [4.69, 9.17) is 4.74 Å². The predicted octanol–water partition coefficient (Wildman–Crippen LogP) is 3.59. The van der Waals surface area contributed by atoms with E-state index in [2.05, 4.69) is 48.6 Å². The lowest BCUT2D eigenvalue weighted by molar-refractivity contribution is 0.414. The lowest BCUT2D eigenvalue weighted by Crippen LogP contribution is -2.21. The fourth-order valence-electron chi connectivity index (χ4n) is 2.08. The summed E-state index contributed by atoms with van der Waals surface area (Å²) < 4.78 is 5.15.